The Kier molecular flexibility index (Phi) is 4.58. The second-order valence-electron chi connectivity index (χ2n) is 7.48. The number of ether oxygens (including phenoxy) is 1. The highest BCUT2D eigenvalue weighted by molar-refractivity contribution is 7.14. The first-order valence-corrected chi connectivity index (χ1v) is 10.2. The summed E-state index contributed by atoms with van der Waals surface area (Å²) in [4.78, 5) is 31.1. The number of hydrogen-bond acceptors (Lipinski definition) is 4. The molecule has 136 valence electrons. The molecular weight excluding hydrogens is 336 g/mol. The molecule has 25 heavy (non-hydrogen) atoms. The highest BCUT2D eigenvalue weighted by Crippen LogP contribution is 2.35. The molecule has 1 aromatic heterocycles. The average Bonchev–Trinajstić information content (AvgIpc) is 3.38. The SMILES string of the molecule is CCc1ccc(C(=O)N2CCC3(CC2)CN(C(=O)C2CC2)CCO3)s1. The fourth-order valence-electron chi connectivity index (χ4n) is 3.88. The lowest BCUT2D eigenvalue weighted by atomic mass is 9.89. The van der Waals surface area contributed by atoms with Crippen LogP contribution in [0, 0.1) is 5.92 Å². The van der Waals surface area contributed by atoms with E-state index < -0.39 is 0 Å². The molecule has 0 N–H and O–H groups in total. The van der Waals surface area contributed by atoms with Crippen LogP contribution in [0.25, 0.3) is 0 Å². The van der Waals surface area contributed by atoms with Crippen LogP contribution in [0.15, 0.2) is 12.1 Å². The van der Waals surface area contributed by atoms with Gasteiger partial charge in [0.1, 0.15) is 0 Å². The maximum absolute atomic E-state index is 12.7. The van der Waals surface area contributed by atoms with E-state index in [1.54, 1.807) is 11.3 Å². The molecule has 3 heterocycles. The highest BCUT2D eigenvalue weighted by atomic mass is 32.1. The number of morpholine rings is 1. The van der Waals surface area contributed by atoms with Gasteiger partial charge in [-0.2, -0.15) is 0 Å². The van der Waals surface area contributed by atoms with Crippen molar-refractivity contribution in [3.63, 3.8) is 0 Å². The molecule has 1 aromatic rings. The standard InChI is InChI=1S/C19H26N2O3S/c1-2-15-5-6-16(25-15)18(23)20-9-7-19(8-10-20)13-21(11-12-24-19)17(22)14-3-4-14/h5-6,14H,2-4,7-13H2,1H3. The number of aryl methyl sites for hydroxylation is 1. The third-order valence-corrected chi connectivity index (χ3v) is 6.89. The number of rotatable bonds is 3. The molecule has 0 unspecified atom stereocenters. The fraction of sp³-hybridized carbons (Fsp3) is 0.684. The van der Waals surface area contributed by atoms with Crippen molar-refractivity contribution in [3.8, 4) is 0 Å². The first-order valence-electron chi connectivity index (χ1n) is 9.41. The number of carbonyl (C=O) groups excluding carboxylic acids is 2. The van der Waals surface area contributed by atoms with Crippen LogP contribution < -0.4 is 0 Å². The van der Waals surface area contributed by atoms with Gasteiger partial charge in [0.15, 0.2) is 0 Å². The van der Waals surface area contributed by atoms with Crippen molar-refractivity contribution in [2.75, 3.05) is 32.8 Å². The zero-order valence-electron chi connectivity index (χ0n) is 14.8. The number of carbonyl (C=O) groups is 2. The second kappa shape index (κ2) is 6.72. The first kappa shape index (κ1) is 17.0. The summed E-state index contributed by atoms with van der Waals surface area (Å²) in [5.74, 6) is 0.719. The van der Waals surface area contributed by atoms with Gasteiger partial charge in [0, 0.05) is 37.0 Å². The topological polar surface area (TPSA) is 49.9 Å². The van der Waals surface area contributed by atoms with Crippen LogP contribution in [-0.4, -0.2) is 60.0 Å². The van der Waals surface area contributed by atoms with Crippen molar-refractivity contribution in [3.05, 3.63) is 21.9 Å². The van der Waals surface area contributed by atoms with E-state index in [0.717, 1.165) is 37.0 Å². The summed E-state index contributed by atoms with van der Waals surface area (Å²) >= 11 is 1.60. The summed E-state index contributed by atoms with van der Waals surface area (Å²) in [6.45, 7) is 5.57. The van der Waals surface area contributed by atoms with Crippen molar-refractivity contribution >= 4 is 23.2 Å². The largest absolute Gasteiger partial charge is 0.371 e. The lowest BCUT2D eigenvalue weighted by Crippen LogP contribution is -2.58. The summed E-state index contributed by atoms with van der Waals surface area (Å²) in [5, 5.41) is 0. The molecule has 1 aliphatic carbocycles. The molecule has 0 atom stereocenters. The number of likely N-dealkylation sites (tertiary alicyclic amines) is 1. The molecule has 1 spiro atoms. The molecule has 2 aliphatic heterocycles. The van der Waals surface area contributed by atoms with Crippen molar-refractivity contribution in [2.45, 2.75) is 44.6 Å². The summed E-state index contributed by atoms with van der Waals surface area (Å²) < 4.78 is 6.11. The van der Waals surface area contributed by atoms with Gasteiger partial charge >= 0.3 is 0 Å². The molecular formula is C19H26N2O3S. The van der Waals surface area contributed by atoms with Gasteiger partial charge in [0.25, 0.3) is 5.91 Å². The zero-order chi connectivity index (χ0) is 17.4. The minimum Gasteiger partial charge on any atom is -0.371 e. The zero-order valence-corrected chi connectivity index (χ0v) is 15.6. The normalized spacial score (nSPS) is 23.1. The van der Waals surface area contributed by atoms with E-state index in [9.17, 15) is 9.59 Å². The maximum Gasteiger partial charge on any atom is 0.263 e. The predicted octanol–water partition coefficient (Wildman–Crippen LogP) is 2.55. The molecule has 2 saturated heterocycles. The fourth-order valence-corrected chi connectivity index (χ4v) is 4.80. The number of hydrogen-bond donors (Lipinski definition) is 0. The summed E-state index contributed by atoms with van der Waals surface area (Å²) in [6.07, 6.45) is 4.70. The average molecular weight is 362 g/mol. The van der Waals surface area contributed by atoms with Crippen molar-refractivity contribution in [1.29, 1.82) is 0 Å². The van der Waals surface area contributed by atoms with Gasteiger partial charge < -0.3 is 14.5 Å². The van der Waals surface area contributed by atoms with Gasteiger partial charge in [-0.3, -0.25) is 9.59 Å². The van der Waals surface area contributed by atoms with E-state index in [1.807, 2.05) is 15.9 Å². The summed E-state index contributed by atoms with van der Waals surface area (Å²) in [6, 6.07) is 4.00. The number of piperidine rings is 1. The Labute approximate surface area is 152 Å². The Morgan fingerprint density at radius 2 is 1.96 bits per heavy atom. The van der Waals surface area contributed by atoms with Gasteiger partial charge in [-0.25, -0.2) is 0 Å². The molecule has 3 aliphatic rings. The molecule has 5 nitrogen and oxygen atoms in total. The quantitative estimate of drug-likeness (QED) is 0.830. The van der Waals surface area contributed by atoms with Gasteiger partial charge in [-0.1, -0.05) is 6.92 Å². The Morgan fingerprint density at radius 3 is 2.60 bits per heavy atom. The van der Waals surface area contributed by atoms with E-state index in [2.05, 4.69) is 13.0 Å². The Balaban J connectivity index is 1.37. The van der Waals surface area contributed by atoms with Gasteiger partial charge in [0.2, 0.25) is 5.91 Å². The van der Waals surface area contributed by atoms with Crippen LogP contribution in [0.5, 0.6) is 0 Å². The van der Waals surface area contributed by atoms with Crippen molar-refractivity contribution in [2.24, 2.45) is 5.92 Å². The van der Waals surface area contributed by atoms with E-state index in [4.69, 9.17) is 4.74 Å². The van der Waals surface area contributed by atoms with Crippen LogP contribution in [0.3, 0.4) is 0 Å². The molecule has 0 radical (unpaired) electrons. The molecule has 0 bridgehead atoms. The Hall–Kier alpha value is -1.40. The third kappa shape index (κ3) is 3.47. The van der Waals surface area contributed by atoms with E-state index in [1.165, 1.54) is 4.88 Å². The molecule has 6 heteroatoms. The Bertz CT molecular complexity index is 659. The first-order chi connectivity index (χ1) is 12.1. The van der Waals surface area contributed by atoms with E-state index in [-0.39, 0.29) is 17.4 Å². The lowest BCUT2D eigenvalue weighted by molar-refractivity contribution is -0.159. The number of nitrogens with zero attached hydrogens (tertiary/aromatic N) is 2. The number of thiophene rings is 1. The van der Waals surface area contributed by atoms with Crippen LogP contribution in [0.1, 0.15) is 47.2 Å². The van der Waals surface area contributed by atoms with Gasteiger partial charge in [0.05, 0.1) is 17.1 Å². The van der Waals surface area contributed by atoms with Crippen LogP contribution in [0.2, 0.25) is 0 Å². The number of amides is 2. The summed E-state index contributed by atoms with van der Waals surface area (Å²) in [7, 11) is 0. The highest BCUT2D eigenvalue weighted by Gasteiger charge is 2.44. The monoisotopic (exact) mass is 362 g/mol. The van der Waals surface area contributed by atoms with Gasteiger partial charge in [-0.05, 0) is 44.2 Å². The van der Waals surface area contributed by atoms with Crippen LogP contribution >= 0.6 is 11.3 Å². The molecule has 3 fully saturated rings. The van der Waals surface area contributed by atoms with Gasteiger partial charge in [-0.15, -0.1) is 11.3 Å². The van der Waals surface area contributed by atoms with Crippen LogP contribution in [0.4, 0.5) is 0 Å². The van der Waals surface area contributed by atoms with Crippen molar-refractivity contribution < 1.29 is 14.3 Å². The predicted molar refractivity (Wildman–Crippen MR) is 96.8 cm³/mol. The van der Waals surface area contributed by atoms with Crippen molar-refractivity contribution in [1.82, 2.24) is 9.80 Å². The second-order valence-corrected chi connectivity index (χ2v) is 8.65. The van der Waals surface area contributed by atoms with E-state index in [0.29, 0.717) is 38.7 Å². The van der Waals surface area contributed by atoms with E-state index >= 15 is 0 Å². The molecule has 2 amide bonds. The minimum atomic E-state index is -0.246. The molecule has 4 rings (SSSR count). The minimum absolute atomic E-state index is 0.140. The molecule has 1 saturated carbocycles. The van der Waals surface area contributed by atoms with Crippen LogP contribution in [-0.2, 0) is 16.0 Å². The molecule has 0 aromatic carbocycles. The summed E-state index contributed by atoms with van der Waals surface area (Å²) in [5.41, 5.74) is -0.246. The lowest BCUT2D eigenvalue weighted by Gasteiger charge is -2.47. The Morgan fingerprint density at radius 1 is 1.20 bits per heavy atom. The maximum atomic E-state index is 12.7. The third-order valence-electron chi connectivity index (χ3n) is 5.67. The smallest absolute Gasteiger partial charge is 0.263 e.